The highest BCUT2D eigenvalue weighted by Crippen LogP contribution is 1.96. The molecule has 0 heterocycles. The molecule has 0 fully saturated rings. The van der Waals surface area contributed by atoms with Crippen LogP contribution in [0.5, 0.6) is 0 Å². The maximum atomic E-state index is 6.52. The second-order valence-electron chi connectivity index (χ2n) is 1.27. The highest BCUT2D eigenvalue weighted by atomic mass is 32.2. The van der Waals surface area contributed by atoms with Crippen LogP contribution in [0.25, 0.3) is 0 Å². The highest BCUT2D eigenvalue weighted by Gasteiger charge is 1.78. The Labute approximate surface area is 49.7 Å². The maximum absolute atomic E-state index is 6.52. The van der Waals surface area contributed by atoms with Gasteiger partial charge in [-0.3, -0.25) is 0 Å². The Hall–Kier alpha value is -0.0900. The summed E-state index contributed by atoms with van der Waals surface area (Å²) < 4.78 is 0. The molecule has 0 N–H and O–H groups in total. The van der Waals surface area contributed by atoms with Gasteiger partial charge in [-0.25, -0.2) is 0 Å². The van der Waals surface area contributed by atoms with Crippen LogP contribution in [0.3, 0.4) is 0 Å². The fourth-order valence-corrected chi connectivity index (χ4v) is 0.738. The summed E-state index contributed by atoms with van der Waals surface area (Å²) in [5.74, 6) is 3.50. The lowest BCUT2D eigenvalue weighted by atomic mass is 10.4. The van der Waals surface area contributed by atoms with Gasteiger partial charge in [0.05, 0.1) is 0 Å². The Morgan fingerprint density at radius 3 is 2.86 bits per heavy atom. The number of hydrogen-bond acceptors (Lipinski definition) is 1. The molecule has 0 amide bonds. The standard InChI is InChI=1S/C6H9S/c1-3-4-5-6-7-2/h4-6H2,2H3. The topological polar surface area (TPSA) is 0 Å². The molecule has 0 saturated heterocycles. The van der Waals surface area contributed by atoms with Gasteiger partial charge in [0.2, 0.25) is 0 Å². The minimum Gasteiger partial charge on any atom is -0.165 e. The lowest BCUT2D eigenvalue weighted by Gasteiger charge is -1.86. The van der Waals surface area contributed by atoms with Gasteiger partial charge in [-0.1, -0.05) is 5.92 Å². The van der Waals surface area contributed by atoms with E-state index in [9.17, 15) is 0 Å². The molecule has 0 rings (SSSR count). The first-order chi connectivity index (χ1) is 3.41. The largest absolute Gasteiger partial charge is 0.165 e. The van der Waals surface area contributed by atoms with Crippen molar-refractivity contribution in [3.05, 3.63) is 6.42 Å². The molecule has 0 bridgehead atoms. The minimum absolute atomic E-state index is 0.820. The molecule has 0 aliphatic heterocycles. The van der Waals surface area contributed by atoms with Crippen molar-refractivity contribution in [1.29, 1.82) is 0 Å². The zero-order valence-electron chi connectivity index (χ0n) is 4.53. The first kappa shape index (κ1) is 6.91. The molecule has 0 nitrogen and oxygen atoms in total. The van der Waals surface area contributed by atoms with E-state index in [-0.39, 0.29) is 0 Å². The third-order valence-corrected chi connectivity index (χ3v) is 1.35. The zero-order chi connectivity index (χ0) is 5.54. The summed E-state index contributed by atoms with van der Waals surface area (Å²) in [5.41, 5.74) is 0. The van der Waals surface area contributed by atoms with Gasteiger partial charge in [0.1, 0.15) is 0 Å². The molecule has 1 radical (unpaired) electrons. The Morgan fingerprint density at radius 1 is 1.71 bits per heavy atom. The summed E-state index contributed by atoms with van der Waals surface area (Å²) in [4.78, 5) is 0. The normalized spacial score (nSPS) is 8.00. The van der Waals surface area contributed by atoms with E-state index in [1.54, 1.807) is 0 Å². The molecule has 0 spiro atoms. The third-order valence-electron chi connectivity index (χ3n) is 0.650. The molecule has 1 heteroatoms. The van der Waals surface area contributed by atoms with Crippen LogP contribution in [0, 0.1) is 12.3 Å². The number of rotatable bonds is 3. The number of thioether (sulfide) groups is 1. The summed E-state index contributed by atoms with van der Waals surface area (Å²) in [7, 11) is 0. The van der Waals surface area contributed by atoms with Crippen LogP contribution in [0.15, 0.2) is 0 Å². The monoisotopic (exact) mass is 113 g/mol. The number of unbranched alkanes of at least 4 members (excludes halogenated alkanes) is 1. The average molecular weight is 113 g/mol. The highest BCUT2D eigenvalue weighted by molar-refractivity contribution is 7.98. The van der Waals surface area contributed by atoms with E-state index in [0.717, 1.165) is 18.6 Å². The summed E-state index contributed by atoms with van der Waals surface area (Å²) in [5, 5.41) is 0. The molecule has 0 aromatic heterocycles. The van der Waals surface area contributed by atoms with Crippen LogP contribution in [0.4, 0.5) is 0 Å². The van der Waals surface area contributed by atoms with Gasteiger partial charge in [0.15, 0.2) is 0 Å². The van der Waals surface area contributed by atoms with Gasteiger partial charge in [0.25, 0.3) is 0 Å². The van der Waals surface area contributed by atoms with Crippen LogP contribution in [-0.4, -0.2) is 12.0 Å². The van der Waals surface area contributed by atoms with Crippen molar-refractivity contribution < 1.29 is 0 Å². The van der Waals surface area contributed by atoms with Crippen molar-refractivity contribution in [3.63, 3.8) is 0 Å². The van der Waals surface area contributed by atoms with Gasteiger partial charge in [-0.2, -0.15) is 11.8 Å². The Bertz CT molecular complexity index is 61.1. The van der Waals surface area contributed by atoms with Gasteiger partial charge in [-0.05, 0) is 24.9 Å². The minimum atomic E-state index is 0.820. The quantitative estimate of drug-likeness (QED) is 0.396. The van der Waals surface area contributed by atoms with Crippen molar-refractivity contribution in [2.45, 2.75) is 12.8 Å². The van der Waals surface area contributed by atoms with Crippen molar-refractivity contribution in [1.82, 2.24) is 0 Å². The smallest absolute Gasteiger partial charge is 0.0107 e. The summed E-state index contributed by atoms with van der Waals surface area (Å²) in [6, 6.07) is 0. The third kappa shape index (κ3) is 5.91. The van der Waals surface area contributed by atoms with Gasteiger partial charge in [0, 0.05) is 6.42 Å². The Morgan fingerprint density at radius 2 is 2.43 bits per heavy atom. The van der Waals surface area contributed by atoms with Crippen LogP contribution in [0.2, 0.25) is 0 Å². The first-order valence-corrected chi connectivity index (χ1v) is 3.69. The van der Waals surface area contributed by atoms with Crippen LogP contribution < -0.4 is 0 Å². The zero-order valence-corrected chi connectivity index (χ0v) is 5.35. The van der Waals surface area contributed by atoms with Crippen LogP contribution in [-0.2, 0) is 0 Å². The van der Waals surface area contributed by atoms with Gasteiger partial charge >= 0.3 is 0 Å². The van der Waals surface area contributed by atoms with Crippen LogP contribution in [0.1, 0.15) is 12.8 Å². The average Bonchev–Trinajstić information content (AvgIpc) is 1.69. The van der Waals surface area contributed by atoms with Gasteiger partial charge < -0.3 is 0 Å². The fourth-order valence-electron chi connectivity index (χ4n) is 0.305. The SMILES string of the molecule is [C]#CCCCSC. The van der Waals surface area contributed by atoms with E-state index in [1.165, 1.54) is 0 Å². The van der Waals surface area contributed by atoms with Crippen molar-refractivity contribution in [3.8, 4) is 5.92 Å². The van der Waals surface area contributed by atoms with Crippen molar-refractivity contribution in [2.75, 3.05) is 12.0 Å². The molecule has 0 saturated carbocycles. The van der Waals surface area contributed by atoms with Crippen molar-refractivity contribution in [2.24, 2.45) is 0 Å². The predicted octanol–water partition coefficient (Wildman–Crippen LogP) is 1.72. The molecule has 0 aliphatic carbocycles. The molecule has 39 valence electrons. The van der Waals surface area contributed by atoms with E-state index in [0.29, 0.717) is 0 Å². The molecular weight excluding hydrogens is 104 g/mol. The second-order valence-corrected chi connectivity index (χ2v) is 2.26. The maximum Gasteiger partial charge on any atom is 0.0107 e. The van der Waals surface area contributed by atoms with Gasteiger partial charge in [-0.15, -0.1) is 0 Å². The Kier molecular flexibility index (Phi) is 5.83. The Balaban J connectivity index is 2.60. The molecule has 7 heavy (non-hydrogen) atoms. The van der Waals surface area contributed by atoms with Crippen molar-refractivity contribution >= 4 is 11.8 Å². The molecular formula is C6H9S. The van der Waals surface area contributed by atoms with Crippen LogP contribution >= 0.6 is 11.8 Å². The second kappa shape index (κ2) is 5.91. The molecule has 0 atom stereocenters. The molecule has 0 aliphatic rings. The summed E-state index contributed by atoms with van der Waals surface area (Å²) >= 11 is 1.82. The lowest BCUT2D eigenvalue weighted by Crippen LogP contribution is -1.73. The number of hydrogen-bond donors (Lipinski definition) is 0. The van der Waals surface area contributed by atoms with E-state index in [1.807, 2.05) is 11.8 Å². The lowest BCUT2D eigenvalue weighted by molar-refractivity contribution is 0.998. The predicted molar refractivity (Wildman–Crippen MR) is 34.7 cm³/mol. The van der Waals surface area contributed by atoms with E-state index >= 15 is 0 Å². The first-order valence-electron chi connectivity index (χ1n) is 2.30. The van der Waals surface area contributed by atoms with E-state index < -0.39 is 0 Å². The molecule has 0 unspecified atom stereocenters. The molecule has 0 aromatic carbocycles. The summed E-state index contributed by atoms with van der Waals surface area (Å²) in [6.45, 7) is 0. The molecule has 0 aromatic rings. The summed E-state index contributed by atoms with van der Waals surface area (Å²) in [6.07, 6.45) is 10.5. The fraction of sp³-hybridized carbons (Fsp3) is 0.667. The van der Waals surface area contributed by atoms with E-state index in [2.05, 4.69) is 12.2 Å². The van der Waals surface area contributed by atoms with E-state index in [4.69, 9.17) is 6.42 Å².